The Morgan fingerprint density at radius 3 is 2.89 bits per heavy atom. The third-order valence-corrected chi connectivity index (χ3v) is 4.03. The Bertz CT molecular complexity index is 630. The summed E-state index contributed by atoms with van der Waals surface area (Å²) in [7, 11) is 0. The largest absolute Gasteiger partial charge is 0.399 e. The van der Waals surface area contributed by atoms with Crippen LogP contribution >= 0.6 is 11.8 Å². The number of aromatic nitrogens is 3. The molecule has 0 unspecified atom stereocenters. The molecule has 19 heavy (non-hydrogen) atoms. The molecule has 1 aromatic carbocycles. The number of nitrogens with two attached hydrogens (primary N) is 1. The van der Waals surface area contributed by atoms with Crippen molar-refractivity contribution in [3.8, 4) is 0 Å². The normalized spacial score (nSPS) is 11.2. The average Bonchev–Trinajstić information content (AvgIpc) is 2.72. The maximum Gasteiger partial charge on any atom is 0.344 e. The van der Waals surface area contributed by atoms with Gasteiger partial charge in [0.25, 0.3) is 0 Å². The number of anilines is 1. The van der Waals surface area contributed by atoms with Gasteiger partial charge in [0.1, 0.15) is 0 Å². The fourth-order valence-electron chi connectivity index (χ4n) is 1.85. The lowest BCUT2D eigenvalue weighted by Crippen LogP contribution is -2.19. The van der Waals surface area contributed by atoms with Gasteiger partial charge in [-0.25, -0.2) is 9.89 Å². The molecule has 0 aliphatic carbocycles. The Kier molecular flexibility index (Phi) is 3.99. The molecule has 6 heteroatoms. The molecule has 0 fully saturated rings. The van der Waals surface area contributed by atoms with Gasteiger partial charge in [-0.15, -0.1) is 5.10 Å². The highest BCUT2D eigenvalue weighted by molar-refractivity contribution is 7.98. The van der Waals surface area contributed by atoms with E-state index in [2.05, 4.69) is 10.2 Å². The SMILES string of the molecule is Cc1c(N)cccc1CSc1n[nH]c(=O)n1C(C)C. The molecule has 2 rings (SSSR count). The molecule has 1 heterocycles. The van der Waals surface area contributed by atoms with Crippen molar-refractivity contribution in [1.29, 1.82) is 0 Å². The zero-order valence-corrected chi connectivity index (χ0v) is 12.1. The highest BCUT2D eigenvalue weighted by Crippen LogP contribution is 2.25. The van der Waals surface area contributed by atoms with Crippen LogP contribution in [0.25, 0.3) is 0 Å². The average molecular weight is 278 g/mol. The molecule has 2 aromatic rings. The number of nitrogens with zero attached hydrogens (tertiary/aromatic N) is 2. The zero-order chi connectivity index (χ0) is 14.0. The first-order valence-corrected chi connectivity index (χ1v) is 7.13. The van der Waals surface area contributed by atoms with Gasteiger partial charge in [0.2, 0.25) is 0 Å². The van der Waals surface area contributed by atoms with Gasteiger partial charge in [-0.1, -0.05) is 23.9 Å². The molecule has 0 bridgehead atoms. The molecule has 0 aliphatic rings. The van der Waals surface area contributed by atoms with E-state index in [0.29, 0.717) is 5.16 Å². The molecule has 3 N–H and O–H groups in total. The summed E-state index contributed by atoms with van der Waals surface area (Å²) < 4.78 is 1.66. The van der Waals surface area contributed by atoms with Crippen LogP contribution in [0.2, 0.25) is 0 Å². The third kappa shape index (κ3) is 2.84. The predicted octanol–water partition coefficient (Wildman–Crippen LogP) is 2.34. The number of nitrogens with one attached hydrogen (secondary N) is 1. The quantitative estimate of drug-likeness (QED) is 0.665. The minimum atomic E-state index is -0.165. The van der Waals surface area contributed by atoms with Crippen molar-refractivity contribution >= 4 is 17.4 Å². The van der Waals surface area contributed by atoms with E-state index in [-0.39, 0.29) is 11.7 Å². The molecule has 0 saturated heterocycles. The van der Waals surface area contributed by atoms with Crippen molar-refractivity contribution in [2.45, 2.75) is 37.7 Å². The van der Waals surface area contributed by atoms with Crippen LogP contribution in [-0.2, 0) is 5.75 Å². The monoisotopic (exact) mass is 278 g/mol. The van der Waals surface area contributed by atoms with Gasteiger partial charge in [0, 0.05) is 17.5 Å². The summed E-state index contributed by atoms with van der Waals surface area (Å²) in [6.07, 6.45) is 0. The standard InChI is InChI=1S/C13H18N4OS/c1-8(2)17-12(18)15-16-13(17)19-7-10-5-4-6-11(14)9(10)3/h4-6,8H,7,14H2,1-3H3,(H,15,18). The molecule has 0 spiro atoms. The van der Waals surface area contributed by atoms with Gasteiger partial charge in [0.15, 0.2) is 5.16 Å². The molecule has 0 amide bonds. The fourth-order valence-corrected chi connectivity index (χ4v) is 2.99. The second kappa shape index (κ2) is 5.52. The summed E-state index contributed by atoms with van der Waals surface area (Å²) in [6, 6.07) is 5.97. The fraction of sp³-hybridized carbons (Fsp3) is 0.385. The molecular formula is C13H18N4OS. The van der Waals surface area contributed by atoms with Crippen LogP contribution in [0, 0.1) is 6.92 Å². The lowest BCUT2D eigenvalue weighted by molar-refractivity contribution is 0.534. The van der Waals surface area contributed by atoms with Gasteiger partial charge < -0.3 is 5.73 Å². The van der Waals surface area contributed by atoms with Crippen molar-refractivity contribution in [1.82, 2.24) is 14.8 Å². The predicted molar refractivity (Wildman–Crippen MR) is 78.4 cm³/mol. The summed E-state index contributed by atoms with van der Waals surface area (Å²) in [5.74, 6) is 0.744. The molecule has 102 valence electrons. The van der Waals surface area contributed by atoms with E-state index in [1.165, 1.54) is 11.8 Å². The van der Waals surface area contributed by atoms with E-state index in [9.17, 15) is 4.79 Å². The van der Waals surface area contributed by atoms with E-state index in [1.54, 1.807) is 4.57 Å². The second-order valence-electron chi connectivity index (χ2n) is 4.70. The number of hydrogen-bond acceptors (Lipinski definition) is 4. The van der Waals surface area contributed by atoms with E-state index in [1.807, 2.05) is 39.0 Å². The lowest BCUT2D eigenvalue weighted by atomic mass is 10.1. The van der Waals surface area contributed by atoms with E-state index >= 15 is 0 Å². The van der Waals surface area contributed by atoms with Crippen molar-refractivity contribution in [3.63, 3.8) is 0 Å². The minimum absolute atomic E-state index is 0.0932. The molecular weight excluding hydrogens is 260 g/mol. The van der Waals surface area contributed by atoms with Crippen LogP contribution in [0.5, 0.6) is 0 Å². The van der Waals surface area contributed by atoms with Crippen molar-refractivity contribution < 1.29 is 0 Å². The van der Waals surface area contributed by atoms with Crippen LogP contribution < -0.4 is 11.4 Å². The van der Waals surface area contributed by atoms with Gasteiger partial charge in [-0.05, 0) is 38.0 Å². The van der Waals surface area contributed by atoms with Crippen molar-refractivity contribution in [3.05, 3.63) is 39.8 Å². The number of benzene rings is 1. The number of nitrogen functional groups attached to an aromatic ring is 1. The maximum absolute atomic E-state index is 11.6. The Labute approximate surface area is 116 Å². The first-order valence-electron chi connectivity index (χ1n) is 6.14. The number of H-pyrrole nitrogens is 1. The van der Waals surface area contributed by atoms with Crippen LogP contribution in [0.1, 0.15) is 31.0 Å². The Balaban J connectivity index is 2.20. The van der Waals surface area contributed by atoms with Gasteiger partial charge in [-0.2, -0.15) is 0 Å². The van der Waals surface area contributed by atoms with Crippen LogP contribution in [0.15, 0.2) is 28.2 Å². The second-order valence-corrected chi connectivity index (χ2v) is 5.64. The van der Waals surface area contributed by atoms with Crippen molar-refractivity contribution in [2.24, 2.45) is 0 Å². The number of rotatable bonds is 4. The van der Waals surface area contributed by atoms with E-state index < -0.39 is 0 Å². The molecule has 5 nitrogen and oxygen atoms in total. The number of aromatic amines is 1. The summed E-state index contributed by atoms with van der Waals surface area (Å²) in [5.41, 5.74) is 8.76. The summed E-state index contributed by atoms with van der Waals surface area (Å²) in [6.45, 7) is 5.94. The van der Waals surface area contributed by atoms with Crippen LogP contribution in [0.4, 0.5) is 5.69 Å². The Morgan fingerprint density at radius 2 is 2.21 bits per heavy atom. The van der Waals surface area contributed by atoms with Gasteiger partial charge in [0.05, 0.1) is 0 Å². The van der Waals surface area contributed by atoms with Gasteiger partial charge >= 0.3 is 5.69 Å². The summed E-state index contributed by atoms with van der Waals surface area (Å²) in [4.78, 5) is 11.6. The topological polar surface area (TPSA) is 76.7 Å². The van der Waals surface area contributed by atoms with E-state index in [0.717, 1.165) is 22.6 Å². The zero-order valence-electron chi connectivity index (χ0n) is 11.3. The highest BCUT2D eigenvalue weighted by atomic mass is 32.2. The van der Waals surface area contributed by atoms with Gasteiger partial charge in [-0.3, -0.25) is 4.57 Å². The molecule has 1 aromatic heterocycles. The Morgan fingerprint density at radius 1 is 1.47 bits per heavy atom. The summed E-state index contributed by atoms with van der Waals surface area (Å²) in [5, 5.41) is 7.26. The minimum Gasteiger partial charge on any atom is -0.399 e. The number of hydrogen-bond donors (Lipinski definition) is 2. The highest BCUT2D eigenvalue weighted by Gasteiger charge is 2.12. The first kappa shape index (κ1) is 13.7. The molecule has 0 aliphatic heterocycles. The maximum atomic E-state index is 11.6. The Hall–Kier alpha value is -1.69. The third-order valence-electron chi connectivity index (χ3n) is 3.03. The molecule has 0 saturated carbocycles. The van der Waals surface area contributed by atoms with Crippen LogP contribution in [0.3, 0.4) is 0 Å². The lowest BCUT2D eigenvalue weighted by Gasteiger charge is -2.10. The number of thioether (sulfide) groups is 1. The molecule has 0 radical (unpaired) electrons. The van der Waals surface area contributed by atoms with Crippen molar-refractivity contribution in [2.75, 3.05) is 5.73 Å². The van der Waals surface area contributed by atoms with E-state index in [4.69, 9.17) is 5.73 Å². The smallest absolute Gasteiger partial charge is 0.344 e. The molecule has 0 atom stereocenters. The van der Waals surface area contributed by atoms with Crippen LogP contribution in [-0.4, -0.2) is 14.8 Å². The summed E-state index contributed by atoms with van der Waals surface area (Å²) >= 11 is 1.54. The first-order chi connectivity index (χ1) is 9.00.